The average molecular weight is 578 g/mol. The Balaban J connectivity index is 2.03. The molecular formula is C31H51N3O7. The number of carbonyl (C=O) groups is 2. The zero-order valence-electron chi connectivity index (χ0n) is 26.5. The Kier molecular flexibility index (Phi) is 11.1. The van der Waals surface area contributed by atoms with Crippen LogP contribution in [0.2, 0.25) is 0 Å². The van der Waals surface area contributed by atoms with E-state index in [1.165, 1.54) is 0 Å². The maximum absolute atomic E-state index is 14.1. The standard InChI is InChI=1S/C31H51N3O7/c1-19-16-31(6,38-10)27(41-28-25(35)23(33(7)8)15-20(2)40-28)21(3)26(36)30(4,5)29(37)39-18-24(34(9)17-19)22-11-13-32-14-12-22/h11-14,19-21,23-25,27-28,35H,15-18H2,1-10H3/t19-,20-,21+,23+,24+,25-,27-,28+,31-/m1/s1. The number of ketones is 1. The lowest BCUT2D eigenvalue weighted by Gasteiger charge is -2.47. The van der Waals surface area contributed by atoms with Gasteiger partial charge in [-0.15, -0.1) is 0 Å². The number of Topliss-reactive ketones (excluding diaryl/α,β-unsaturated/α-hetero) is 1. The molecule has 1 aromatic heterocycles. The molecule has 3 heterocycles. The monoisotopic (exact) mass is 577 g/mol. The lowest BCUT2D eigenvalue weighted by molar-refractivity contribution is -0.295. The summed E-state index contributed by atoms with van der Waals surface area (Å²) >= 11 is 0. The van der Waals surface area contributed by atoms with Gasteiger partial charge in [0.15, 0.2) is 12.1 Å². The molecule has 0 saturated carbocycles. The SMILES string of the molecule is CO[C@]1(C)C[C@@H](C)CN(C)[C@H](c2ccncc2)COC(=O)C(C)(C)C(=O)[C@H](C)[C@H]1O[C@@H]1O[C@H](C)C[C@H](N(C)C)[C@H]1O. The topological polar surface area (TPSA) is 111 Å². The maximum Gasteiger partial charge on any atom is 0.319 e. The maximum atomic E-state index is 14.1. The number of carbonyl (C=O) groups excluding carboxylic acids is 2. The molecule has 0 bridgehead atoms. The first-order valence-corrected chi connectivity index (χ1v) is 14.6. The number of ether oxygens (including phenoxy) is 4. The number of likely N-dealkylation sites (N-methyl/N-ethyl adjacent to an activating group) is 2. The number of aliphatic hydroxyl groups is 1. The summed E-state index contributed by atoms with van der Waals surface area (Å²) in [6.07, 6.45) is 1.77. The molecule has 1 aromatic rings. The molecule has 9 atom stereocenters. The van der Waals surface area contributed by atoms with E-state index in [0.29, 0.717) is 19.4 Å². The Morgan fingerprint density at radius 1 is 1.12 bits per heavy atom. The van der Waals surface area contributed by atoms with Crippen molar-refractivity contribution >= 4 is 11.8 Å². The Morgan fingerprint density at radius 2 is 1.76 bits per heavy atom. The molecule has 232 valence electrons. The second kappa shape index (κ2) is 13.6. The molecule has 0 aliphatic carbocycles. The third-order valence-corrected chi connectivity index (χ3v) is 8.97. The normalized spacial score (nSPS) is 38.0. The highest BCUT2D eigenvalue weighted by molar-refractivity contribution is 6.04. The average Bonchev–Trinajstić information content (AvgIpc) is 2.92. The number of methoxy groups -OCH3 is 1. The molecule has 0 unspecified atom stereocenters. The van der Waals surface area contributed by atoms with E-state index in [0.717, 1.165) is 5.56 Å². The summed E-state index contributed by atoms with van der Waals surface area (Å²) in [6, 6.07) is 3.43. The first-order chi connectivity index (χ1) is 19.1. The smallest absolute Gasteiger partial charge is 0.319 e. The first-order valence-electron chi connectivity index (χ1n) is 14.6. The summed E-state index contributed by atoms with van der Waals surface area (Å²) in [4.78, 5) is 35.8. The highest BCUT2D eigenvalue weighted by atomic mass is 16.7. The van der Waals surface area contributed by atoms with Gasteiger partial charge in [0.1, 0.15) is 18.1 Å². The van der Waals surface area contributed by atoms with Crippen molar-refractivity contribution in [1.29, 1.82) is 0 Å². The van der Waals surface area contributed by atoms with Gasteiger partial charge in [-0.3, -0.25) is 19.5 Å². The van der Waals surface area contributed by atoms with Crippen LogP contribution in [0.4, 0.5) is 0 Å². The van der Waals surface area contributed by atoms with E-state index >= 15 is 0 Å². The number of esters is 1. The van der Waals surface area contributed by atoms with Crippen LogP contribution in [-0.2, 0) is 28.5 Å². The summed E-state index contributed by atoms with van der Waals surface area (Å²) in [5, 5.41) is 11.3. The van der Waals surface area contributed by atoms with Crippen LogP contribution in [0.25, 0.3) is 0 Å². The largest absolute Gasteiger partial charge is 0.463 e. The van der Waals surface area contributed by atoms with E-state index in [4.69, 9.17) is 18.9 Å². The van der Waals surface area contributed by atoms with E-state index in [1.807, 2.05) is 52.0 Å². The molecule has 2 aliphatic heterocycles. The predicted molar refractivity (Wildman–Crippen MR) is 155 cm³/mol. The first kappa shape index (κ1) is 33.6. The Morgan fingerprint density at radius 3 is 2.34 bits per heavy atom. The zero-order chi connectivity index (χ0) is 30.7. The van der Waals surface area contributed by atoms with Crippen molar-refractivity contribution < 1.29 is 33.6 Å². The van der Waals surface area contributed by atoms with Crippen LogP contribution >= 0.6 is 0 Å². The van der Waals surface area contributed by atoms with Crippen molar-refractivity contribution in [2.45, 2.75) is 96.7 Å². The molecular weight excluding hydrogens is 526 g/mol. The van der Waals surface area contributed by atoms with Crippen LogP contribution in [0.5, 0.6) is 0 Å². The Labute approximate surface area is 245 Å². The Bertz CT molecular complexity index is 1020. The van der Waals surface area contributed by atoms with E-state index < -0.39 is 41.4 Å². The van der Waals surface area contributed by atoms with Gasteiger partial charge in [-0.2, -0.15) is 0 Å². The number of cyclic esters (lactones) is 1. The molecule has 2 aliphatic rings. The fraction of sp³-hybridized carbons (Fsp3) is 0.774. The minimum atomic E-state index is -1.44. The van der Waals surface area contributed by atoms with Crippen LogP contribution in [0, 0.1) is 17.3 Å². The number of nitrogens with zero attached hydrogens (tertiary/aromatic N) is 3. The van der Waals surface area contributed by atoms with Gasteiger partial charge in [-0.05, 0) is 85.3 Å². The molecule has 1 N–H and O–H groups in total. The van der Waals surface area contributed by atoms with Crippen molar-refractivity contribution in [3.05, 3.63) is 30.1 Å². The molecule has 0 aromatic carbocycles. The summed E-state index contributed by atoms with van der Waals surface area (Å²) in [5.41, 5.74) is -1.41. The van der Waals surface area contributed by atoms with E-state index in [2.05, 4.69) is 16.8 Å². The van der Waals surface area contributed by atoms with Crippen molar-refractivity contribution in [1.82, 2.24) is 14.8 Å². The molecule has 0 amide bonds. The lowest BCUT2D eigenvalue weighted by atomic mass is 9.74. The van der Waals surface area contributed by atoms with Crippen LogP contribution in [-0.4, -0.2) is 109 Å². The number of pyridine rings is 1. The second-order valence-corrected chi connectivity index (χ2v) is 13.1. The van der Waals surface area contributed by atoms with Crippen molar-refractivity contribution in [2.24, 2.45) is 17.3 Å². The van der Waals surface area contributed by atoms with E-state index in [-0.39, 0.29) is 36.5 Å². The lowest BCUT2D eigenvalue weighted by Crippen LogP contribution is -2.59. The van der Waals surface area contributed by atoms with Gasteiger partial charge < -0.3 is 29.0 Å². The van der Waals surface area contributed by atoms with E-state index in [9.17, 15) is 14.7 Å². The van der Waals surface area contributed by atoms with Gasteiger partial charge in [-0.1, -0.05) is 13.8 Å². The summed E-state index contributed by atoms with van der Waals surface area (Å²) in [6.45, 7) is 11.7. The molecule has 0 spiro atoms. The third kappa shape index (κ3) is 7.53. The van der Waals surface area contributed by atoms with Crippen LogP contribution in [0.15, 0.2) is 24.5 Å². The highest BCUT2D eigenvalue weighted by Gasteiger charge is 2.51. The summed E-state index contributed by atoms with van der Waals surface area (Å²) < 4.78 is 24.7. The molecule has 2 fully saturated rings. The predicted octanol–water partition coefficient (Wildman–Crippen LogP) is 3.09. The van der Waals surface area contributed by atoms with Crippen molar-refractivity contribution in [3.8, 4) is 0 Å². The van der Waals surface area contributed by atoms with Gasteiger partial charge in [0, 0.05) is 38.0 Å². The zero-order valence-corrected chi connectivity index (χ0v) is 26.5. The van der Waals surface area contributed by atoms with Gasteiger partial charge in [0.05, 0.1) is 23.9 Å². The molecule has 0 radical (unpaired) electrons. The van der Waals surface area contributed by atoms with E-state index in [1.54, 1.807) is 40.3 Å². The summed E-state index contributed by atoms with van der Waals surface area (Å²) in [5.74, 6) is -1.57. The van der Waals surface area contributed by atoms with Gasteiger partial charge in [0.25, 0.3) is 0 Å². The number of hydrogen-bond donors (Lipinski definition) is 1. The number of aliphatic hydroxyl groups excluding tert-OH is 1. The number of aromatic nitrogens is 1. The number of rotatable bonds is 5. The Hall–Kier alpha value is -1.95. The minimum absolute atomic E-state index is 0.102. The van der Waals surface area contributed by atoms with Crippen molar-refractivity contribution in [3.63, 3.8) is 0 Å². The number of hydrogen-bond acceptors (Lipinski definition) is 10. The highest BCUT2D eigenvalue weighted by Crippen LogP contribution is 2.38. The molecule has 10 heteroatoms. The van der Waals surface area contributed by atoms with Gasteiger partial charge >= 0.3 is 5.97 Å². The van der Waals surface area contributed by atoms with Gasteiger partial charge in [0.2, 0.25) is 0 Å². The molecule has 2 saturated heterocycles. The third-order valence-electron chi connectivity index (χ3n) is 8.97. The fourth-order valence-electron chi connectivity index (χ4n) is 6.49. The second-order valence-electron chi connectivity index (χ2n) is 13.1. The van der Waals surface area contributed by atoms with Crippen LogP contribution in [0.1, 0.15) is 66.0 Å². The molecule has 10 nitrogen and oxygen atoms in total. The van der Waals surface area contributed by atoms with Crippen molar-refractivity contribution in [2.75, 3.05) is 41.4 Å². The molecule has 41 heavy (non-hydrogen) atoms. The minimum Gasteiger partial charge on any atom is -0.463 e. The van der Waals surface area contributed by atoms with Gasteiger partial charge in [-0.25, -0.2) is 0 Å². The molecule has 3 rings (SSSR count). The quantitative estimate of drug-likeness (QED) is 0.414. The summed E-state index contributed by atoms with van der Waals surface area (Å²) in [7, 11) is 7.45. The van der Waals surface area contributed by atoms with Crippen LogP contribution < -0.4 is 0 Å². The van der Waals surface area contributed by atoms with Crippen LogP contribution in [0.3, 0.4) is 0 Å². The fourth-order valence-corrected chi connectivity index (χ4v) is 6.49.